The van der Waals surface area contributed by atoms with Crippen LogP contribution in [0.1, 0.15) is 57.8 Å². The van der Waals surface area contributed by atoms with Crippen LogP contribution < -0.4 is 4.72 Å². The minimum Gasteiger partial charge on any atom is -0.195 e. The van der Waals surface area contributed by atoms with Crippen LogP contribution in [0, 0.1) is 0 Å². The van der Waals surface area contributed by atoms with Crippen molar-refractivity contribution in [3.63, 3.8) is 0 Å². The lowest BCUT2D eigenvalue weighted by molar-refractivity contribution is 0.287. The molecule has 0 aromatic carbocycles. The van der Waals surface area contributed by atoms with Crippen molar-refractivity contribution in [2.24, 2.45) is 0 Å². The van der Waals surface area contributed by atoms with E-state index in [2.05, 4.69) is 4.72 Å². The van der Waals surface area contributed by atoms with Gasteiger partial charge in [-0.2, -0.15) is 17.4 Å². The van der Waals surface area contributed by atoms with Gasteiger partial charge >= 0.3 is 0 Å². The maximum Gasteiger partial charge on any atom is 0.279 e. The Bertz CT molecular complexity index is 372. The van der Waals surface area contributed by atoms with Gasteiger partial charge in [-0.1, -0.05) is 32.1 Å². The second-order valence-electron chi connectivity index (χ2n) is 5.89. The summed E-state index contributed by atoms with van der Waals surface area (Å²) < 4.78 is 29.6. The van der Waals surface area contributed by atoms with Crippen molar-refractivity contribution in [1.82, 2.24) is 9.03 Å². The first-order valence-corrected chi connectivity index (χ1v) is 9.40. The summed E-state index contributed by atoms with van der Waals surface area (Å²) in [7, 11) is -3.38. The number of alkyl halides is 1. The summed E-state index contributed by atoms with van der Waals surface area (Å²) in [5.41, 5.74) is -0.412. The van der Waals surface area contributed by atoms with Crippen LogP contribution in [0.15, 0.2) is 0 Å². The zero-order valence-electron chi connectivity index (χ0n) is 11.5. The molecule has 0 unspecified atom stereocenters. The minimum absolute atomic E-state index is 0.375. The van der Waals surface area contributed by atoms with Crippen LogP contribution in [0.5, 0.6) is 0 Å². The SMILES string of the molecule is O=S(=O)(NC1(CCl)CCCCC1)N1CCCCCC1. The lowest BCUT2D eigenvalue weighted by Gasteiger charge is -2.37. The number of hydrogen-bond donors (Lipinski definition) is 1. The minimum atomic E-state index is -3.38. The van der Waals surface area contributed by atoms with Crippen molar-refractivity contribution < 1.29 is 8.42 Å². The first-order valence-electron chi connectivity index (χ1n) is 7.43. The van der Waals surface area contributed by atoms with E-state index in [1.54, 1.807) is 4.31 Å². The molecule has 6 heteroatoms. The third-order valence-corrected chi connectivity index (χ3v) is 6.56. The molecule has 0 radical (unpaired) electrons. The zero-order valence-corrected chi connectivity index (χ0v) is 13.1. The molecule has 0 aromatic rings. The molecule has 0 bridgehead atoms. The molecule has 1 saturated carbocycles. The Hall–Kier alpha value is 0.160. The Balaban J connectivity index is 2.05. The molecule has 1 N–H and O–H groups in total. The predicted octanol–water partition coefficient (Wildman–Crippen LogP) is 2.64. The number of nitrogens with one attached hydrogen (secondary N) is 1. The van der Waals surface area contributed by atoms with Crippen LogP contribution in [0.25, 0.3) is 0 Å². The first-order chi connectivity index (χ1) is 9.08. The lowest BCUT2D eigenvalue weighted by Crippen LogP contribution is -2.55. The van der Waals surface area contributed by atoms with Crippen molar-refractivity contribution in [3.05, 3.63) is 0 Å². The highest BCUT2D eigenvalue weighted by Crippen LogP contribution is 2.30. The molecule has 19 heavy (non-hydrogen) atoms. The standard InChI is InChI=1S/C13H25ClN2O2S/c14-12-13(8-4-3-5-9-13)15-19(17,18)16-10-6-1-2-7-11-16/h15H,1-12H2. The molecule has 0 aromatic heterocycles. The van der Waals surface area contributed by atoms with E-state index in [1.807, 2.05) is 0 Å². The molecular weight excluding hydrogens is 284 g/mol. The Morgan fingerprint density at radius 3 is 2.00 bits per heavy atom. The second kappa shape index (κ2) is 6.74. The van der Waals surface area contributed by atoms with Gasteiger partial charge in [0.15, 0.2) is 0 Å². The normalized spacial score (nSPS) is 25.9. The van der Waals surface area contributed by atoms with Crippen molar-refractivity contribution in [2.75, 3.05) is 19.0 Å². The Kier molecular flexibility index (Phi) is 5.52. The third-order valence-electron chi connectivity index (χ3n) is 4.32. The fourth-order valence-corrected chi connectivity index (χ4v) is 5.22. The van der Waals surface area contributed by atoms with Gasteiger partial charge < -0.3 is 0 Å². The molecule has 2 fully saturated rings. The highest BCUT2D eigenvalue weighted by atomic mass is 35.5. The van der Waals surface area contributed by atoms with Crippen molar-refractivity contribution >= 4 is 21.8 Å². The van der Waals surface area contributed by atoms with Gasteiger partial charge in [0, 0.05) is 24.5 Å². The molecule has 2 rings (SSSR count). The van der Waals surface area contributed by atoms with Crippen LogP contribution in [0.3, 0.4) is 0 Å². The summed E-state index contributed by atoms with van der Waals surface area (Å²) in [5.74, 6) is 0.375. The van der Waals surface area contributed by atoms with Gasteiger partial charge in [0.2, 0.25) is 0 Å². The van der Waals surface area contributed by atoms with Gasteiger partial charge in [-0.15, -0.1) is 11.6 Å². The van der Waals surface area contributed by atoms with Crippen LogP contribution in [0.2, 0.25) is 0 Å². The number of hydrogen-bond acceptors (Lipinski definition) is 2. The van der Waals surface area contributed by atoms with Gasteiger partial charge in [-0.05, 0) is 25.7 Å². The molecule has 0 atom stereocenters. The average Bonchev–Trinajstić information content (AvgIpc) is 2.69. The second-order valence-corrected chi connectivity index (χ2v) is 7.83. The van der Waals surface area contributed by atoms with E-state index in [0.29, 0.717) is 19.0 Å². The summed E-state index contributed by atoms with van der Waals surface area (Å²) in [6, 6.07) is 0. The first kappa shape index (κ1) is 15.5. The maximum absolute atomic E-state index is 12.5. The van der Waals surface area contributed by atoms with Gasteiger partial charge in [0.25, 0.3) is 10.2 Å². The smallest absolute Gasteiger partial charge is 0.195 e. The van der Waals surface area contributed by atoms with E-state index < -0.39 is 15.7 Å². The Labute approximate surface area is 122 Å². The quantitative estimate of drug-likeness (QED) is 0.812. The van der Waals surface area contributed by atoms with E-state index in [-0.39, 0.29) is 0 Å². The molecule has 0 amide bonds. The highest BCUT2D eigenvalue weighted by Gasteiger charge is 2.37. The van der Waals surface area contributed by atoms with Gasteiger partial charge in [-0.25, -0.2) is 0 Å². The molecule has 1 aliphatic heterocycles. The van der Waals surface area contributed by atoms with Crippen molar-refractivity contribution in [2.45, 2.75) is 63.3 Å². The number of nitrogens with zero attached hydrogens (tertiary/aromatic N) is 1. The van der Waals surface area contributed by atoms with Crippen LogP contribution in [-0.2, 0) is 10.2 Å². The number of rotatable bonds is 4. The summed E-state index contributed by atoms with van der Waals surface area (Å²) in [5, 5.41) is 0. The summed E-state index contributed by atoms with van der Waals surface area (Å²) >= 11 is 6.07. The van der Waals surface area contributed by atoms with Gasteiger partial charge in [0.05, 0.1) is 0 Å². The molecule has 1 heterocycles. The molecule has 1 saturated heterocycles. The van der Waals surface area contributed by atoms with Gasteiger partial charge in [-0.3, -0.25) is 0 Å². The monoisotopic (exact) mass is 308 g/mol. The molecule has 2 aliphatic rings. The molecule has 0 spiro atoms. The van der Waals surface area contributed by atoms with Crippen LogP contribution in [-0.4, -0.2) is 37.2 Å². The average molecular weight is 309 g/mol. The van der Waals surface area contributed by atoms with Crippen LogP contribution in [0.4, 0.5) is 0 Å². The molecule has 4 nitrogen and oxygen atoms in total. The predicted molar refractivity (Wildman–Crippen MR) is 78.6 cm³/mol. The topological polar surface area (TPSA) is 49.4 Å². The van der Waals surface area contributed by atoms with E-state index in [0.717, 1.165) is 51.4 Å². The maximum atomic E-state index is 12.5. The lowest BCUT2D eigenvalue weighted by atomic mass is 9.84. The summed E-state index contributed by atoms with van der Waals surface area (Å²) in [4.78, 5) is 0. The van der Waals surface area contributed by atoms with E-state index in [1.165, 1.54) is 6.42 Å². The van der Waals surface area contributed by atoms with Crippen molar-refractivity contribution in [1.29, 1.82) is 0 Å². The highest BCUT2D eigenvalue weighted by molar-refractivity contribution is 7.87. The molecule has 112 valence electrons. The molecule has 1 aliphatic carbocycles. The fraction of sp³-hybridized carbons (Fsp3) is 1.00. The van der Waals surface area contributed by atoms with E-state index in [4.69, 9.17) is 11.6 Å². The fourth-order valence-electron chi connectivity index (χ4n) is 3.11. The molecular formula is C13H25ClN2O2S. The van der Waals surface area contributed by atoms with Crippen molar-refractivity contribution in [3.8, 4) is 0 Å². The summed E-state index contributed by atoms with van der Waals surface area (Å²) in [6.45, 7) is 1.29. The zero-order chi connectivity index (χ0) is 13.8. The number of halogens is 1. The van der Waals surface area contributed by atoms with Crippen LogP contribution >= 0.6 is 11.6 Å². The van der Waals surface area contributed by atoms with Gasteiger partial charge in [0.1, 0.15) is 0 Å². The van der Waals surface area contributed by atoms with E-state index in [9.17, 15) is 8.42 Å². The van der Waals surface area contributed by atoms with E-state index >= 15 is 0 Å². The Morgan fingerprint density at radius 2 is 1.47 bits per heavy atom. The summed E-state index contributed by atoms with van der Waals surface area (Å²) in [6.07, 6.45) is 9.24. The third kappa shape index (κ3) is 4.06. The Morgan fingerprint density at radius 1 is 0.947 bits per heavy atom. The largest absolute Gasteiger partial charge is 0.279 e.